The van der Waals surface area contributed by atoms with Gasteiger partial charge in [0.05, 0.1) is 0 Å². The second-order valence-electron chi connectivity index (χ2n) is 4.62. The van der Waals surface area contributed by atoms with Crippen molar-refractivity contribution in [1.29, 1.82) is 0 Å². The molecule has 86 valence electrons. The lowest BCUT2D eigenvalue weighted by atomic mass is 10.0. The van der Waals surface area contributed by atoms with Gasteiger partial charge in [-0.25, -0.2) is 0 Å². The zero-order valence-corrected chi connectivity index (χ0v) is 11.3. The summed E-state index contributed by atoms with van der Waals surface area (Å²) in [6, 6.07) is 9.35. The minimum Gasteiger partial charge on any atom is -0.305 e. The summed E-state index contributed by atoms with van der Waals surface area (Å²) in [5.74, 6) is 0.814. The van der Waals surface area contributed by atoms with Gasteiger partial charge in [0.1, 0.15) is 0 Å². The molecule has 1 saturated carbocycles. The molecule has 1 aliphatic rings. The molecule has 16 heavy (non-hydrogen) atoms. The Morgan fingerprint density at radius 1 is 1.44 bits per heavy atom. The zero-order chi connectivity index (χ0) is 11.5. The summed E-state index contributed by atoms with van der Waals surface area (Å²) in [5.41, 5.74) is 2.73. The van der Waals surface area contributed by atoms with Crippen LogP contribution < -0.4 is 5.32 Å². The van der Waals surface area contributed by atoms with Crippen molar-refractivity contribution in [1.82, 2.24) is 5.32 Å². The Morgan fingerprint density at radius 3 is 2.56 bits per heavy atom. The lowest BCUT2D eigenvalue weighted by Gasteiger charge is -2.18. The lowest BCUT2D eigenvalue weighted by molar-refractivity contribution is 0.506. The monoisotopic (exact) mass is 279 g/mol. The van der Waals surface area contributed by atoms with Crippen LogP contribution in [0.4, 0.5) is 0 Å². The molecule has 1 N–H and O–H groups in total. The molecule has 1 aromatic carbocycles. The molecule has 0 amide bonds. The molecule has 0 saturated heterocycles. The van der Waals surface area contributed by atoms with Crippen LogP contribution in [0, 0.1) is 12.8 Å². The van der Waals surface area contributed by atoms with E-state index in [0.29, 0.717) is 6.04 Å². The van der Waals surface area contributed by atoms with Crippen molar-refractivity contribution in [2.75, 3.05) is 6.54 Å². The second-order valence-corrected chi connectivity index (χ2v) is 5.75. The smallest absolute Gasteiger partial charge is 0.0351 e. The molecule has 1 nitrogen and oxygen atoms in total. The van der Waals surface area contributed by atoms with Crippen molar-refractivity contribution >= 4 is 15.9 Å². The van der Waals surface area contributed by atoms with Gasteiger partial charge in [-0.1, -0.05) is 52.3 Å². The first kappa shape index (κ1) is 11.9. The molecule has 1 unspecified atom stereocenters. The van der Waals surface area contributed by atoms with Crippen LogP contribution in [0.25, 0.3) is 0 Å². The maximum atomic E-state index is 3.87. The standard InChI is InChI=1S/C14H18BrN/c1-10-3-5-12(6-4-10)14(13-7-8-13)16-9-11(2)15/h3-6,13-14,16H,2,7-9H2,1H3. The van der Waals surface area contributed by atoms with Gasteiger partial charge in [-0.15, -0.1) is 0 Å². The maximum absolute atomic E-state index is 3.87. The lowest BCUT2D eigenvalue weighted by Crippen LogP contribution is -2.24. The van der Waals surface area contributed by atoms with E-state index in [1.54, 1.807) is 0 Å². The van der Waals surface area contributed by atoms with Crippen LogP contribution in [0.15, 0.2) is 35.3 Å². The summed E-state index contributed by atoms with van der Waals surface area (Å²) < 4.78 is 1.02. The first-order valence-electron chi connectivity index (χ1n) is 5.80. The SMILES string of the molecule is C=C(Br)CNC(c1ccc(C)cc1)C1CC1. The van der Waals surface area contributed by atoms with Gasteiger partial charge in [0.25, 0.3) is 0 Å². The number of halogens is 1. The molecule has 1 fully saturated rings. The number of hydrogen-bond acceptors (Lipinski definition) is 1. The quantitative estimate of drug-likeness (QED) is 0.861. The number of aryl methyl sites for hydroxylation is 1. The van der Waals surface area contributed by atoms with Gasteiger partial charge in [0, 0.05) is 17.1 Å². The first-order chi connectivity index (χ1) is 7.66. The molecule has 0 heterocycles. The number of nitrogens with one attached hydrogen (secondary N) is 1. The van der Waals surface area contributed by atoms with Crippen molar-refractivity contribution in [3.8, 4) is 0 Å². The van der Waals surface area contributed by atoms with Gasteiger partial charge in [-0.05, 0) is 31.2 Å². The average molecular weight is 280 g/mol. The molecule has 2 heteroatoms. The molecule has 1 aliphatic carbocycles. The number of hydrogen-bond donors (Lipinski definition) is 1. The van der Waals surface area contributed by atoms with E-state index in [4.69, 9.17) is 0 Å². The van der Waals surface area contributed by atoms with Gasteiger partial charge in [-0.3, -0.25) is 0 Å². The molecule has 0 bridgehead atoms. The Morgan fingerprint density at radius 2 is 2.06 bits per heavy atom. The van der Waals surface area contributed by atoms with E-state index in [-0.39, 0.29) is 0 Å². The average Bonchev–Trinajstić information content (AvgIpc) is 3.04. The Bertz CT molecular complexity index is 365. The zero-order valence-electron chi connectivity index (χ0n) is 9.67. The summed E-state index contributed by atoms with van der Waals surface area (Å²) >= 11 is 3.40. The van der Waals surface area contributed by atoms with Crippen LogP contribution in [-0.2, 0) is 0 Å². The van der Waals surface area contributed by atoms with Crippen LogP contribution in [-0.4, -0.2) is 6.54 Å². The van der Waals surface area contributed by atoms with E-state index < -0.39 is 0 Å². The minimum atomic E-state index is 0.495. The highest BCUT2D eigenvalue weighted by molar-refractivity contribution is 9.11. The van der Waals surface area contributed by atoms with Gasteiger partial charge in [-0.2, -0.15) is 0 Å². The molecular formula is C14H18BrN. The number of rotatable bonds is 5. The highest BCUT2D eigenvalue weighted by Gasteiger charge is 2.31. The predicted molar refractivity (Wildman–Crippen MR) is 72.7 cm³/mol. The van der Waals surface area contributed by atoms with Gasteiger partial charge < -0.3 is 5.32 Å². The third-order valence-corrected chi connectivity index (χ3v) is 3.32. The maximum Gasteiger partial charge on any atom is 0.0351 e. The van der Waals surface area contributed by atoms with Crippen LogP contribution >= 0.6 is 15.9 Å². The Balaban J connectivity index is 2.06. The second kappa shape index (κ2) is 5.15. The van der Waals surface area contributed by atoms with Crippen molar-refractivity contribution in [3.63, 3.8) is 0 Å². The van der Waals surface area contributed by atoms with Gasteiger partial charge in [0.15, 0.2) is 0 Å². The number of benzene rings is 1. The van der Waals surface area contributed by atoms with Crippen molar-refractivity contribution < 1.29 is 0 Å². The predicted octanol–water partition coefficient (Wildman–Crippen LogP) is 3.94. The van der Waals surface area contributed by atoms with Crippen LogP contribution in [0.2, 0.25) is 0 Å². The van der Waals surface area contributed by atoms with E-state index in [1.165, 1.54) is 24.0 Å². The van der Waals surface area contributed by atoms with E-state index in [1.807, 2.05) is 0 Å². The van der Waals surface area contributed by atoms with Gasteiger partial charge >= 0.3 is 0 Å². The fraction of sp³-hybridized carbons (Fsp3) is 0.429. The molecule has 0 spiro atoms. The van der Waals surface area contributed by atoms with E-state index >= 15 is 0 Å². The summed E-state index contributed by atoms with van der Waals surface area (Å²) in [7, 11) is 0. The van der Waals surface area contributed by atoms with Crippen molar-refractivity contribution in [2.24, 2.45) is 5.92 Å². The Labute approximate surface area is 106 Å². The molecule has 0 radical (unpaired) electrons. The molecule has 1 aromatic rings. The molecule has 1 atom stereocenters. The Kier molecular flexibility index (Phi) is 3.82. The van der Waals surface area contributed by atoms with Gasteiger partial charge in [0.2, 0.25) is 0 Å². The molecule has 0 aliphatic heterocycles. The fourth-order valence-corrected chi connectivity index (χ4v) is 2.14. The normalized spacial score (nSPS) is 17.1. The van der Waals surface area contributed by atoms with Crippen molar-refractivity contribution in [3.05, 3.63) is 46.5 Å². The summed E-state index contributed by atoms with van der Waals surface area (Å²) in [5, 5.41) is 3.57. The van der Waals surface area contributed by atoms with E-state index in [2.05, 4.69) is 59.0 Å². The highest BCUT2D eigenvalue weighted by atomic mass is 79.9. The highest BCUT2D eigenvalue weighted by Crippen LogP contribution is 2.41. The largest absolute Gasteiger partial charge is 0.305 e. The van der Waals surface area contributed by atoms with E-state index in [0.717, 1.165) is 16.9 Å². The molecular weight excluding hydrogens is 262 g/mol. The van der Waals surface area contributed by atoms with Crippen LogP contribution in [0.5, 0.6) is 0 Å². The first-order valence-corrected chi connectivity index (χ1v) is 6.59. The fourth-order valence-electron chi connectivity index (χ4n) is 1.98. The Hall–Kier alpha value is -0.600. The topological polar surface area (TPSA) is 12.0 Å². The van der Waals surface area contributed by atoms with Crippen LogP contribution in [0.3, 0.4) is 0 Å². The third kappa shape index (κ3) is 3.19. The summed E-state index contributed by atoms with van der Waals surface area (Å²) in [6.45, 7) is 6.84. The summed E-state index contributed by atoms with van der Waals surface area (Å²) in [6.07, 6.45) is 2.70. The van der Waals surface area contributed by atoms with Crippen LogP contribution in [0.1, 0.15) is 30.0 Å². The molecule has 0 aromatic heterocycles. The van der Waals surface area contributed by atoms with E-state index in [9.17, 15) is 0 Å². The third-order valence-electron chi connectivity index (χ3n) is 3.04. The molecule has 2 rings (SSSR count). The minimum absolute atomic E-state index is 0.495. The van der Waals surface area contributed by atoms with Crippen molar-refractivity contribution in [2.45, 2.75) is 25.8 Å². The summed E-state index contributed by atoms with van der Waals surface area (Å²) in [4.78, 5) is 0.